The van der Waals surface area contributed by atoms with E-state index in [1.54, 1.807) is 0 Å². The van der Waals surface area contributed by atoms with Crippen molar-refractivity contribution in [3.8, 4) is 61.8 Å². The van der Waals surface area contributed by atoms with Crippen molar-refractivity contribution in [2.45, 2.75) is 0 Å². The van der Waals surface area contributed by atoms with Gasteiger partial charge >= 0.3 is 0 Å². The van der Waals surface area contributed by atoms with E-state index in [1.165, 1.54) is 76.4 Å². The molecule has 0 radical (unpaired) electrons. The highest BCUT2D eigenvalue weighted by Crippen LogP contribution is 2.39. The highest BCUT2D eigenvalue weighted by molar-refractivity contribution is 6.22. The lowest BCUT2D eigenvalue weighted by molar-refractivity contribution is 1.16. The standard InChI is InChI=1S/C58H37N3/c1-3-12-41(13-4-1)53-37-54(42-14-5-2-6-15-42)60-58(59-53)43-27-30-50(31-28-43)61-55-18-10-9-17-51(55)57-52-36-48(26-22-40(52)29-32-56(57)61)47-25-21-39-20-24-46(34-49(39)35-47)45-23-19-38-11-7-8-16-44(38)33-45/h1-37H. The van der Waals surface area contributed by atoms with Gasteiger partial charge in [0.25, 0.3) is 0 Å². The molecule has 2 aromatic heterocycles. The Balaban J connectivity index is 0.948. The van der Waals surface area contributed by atoms with Crippen LogP contribution in [0.2, 0.25) is 0 Å². The Hall–Kier alpha value is -8.14. The van der Waals surface area contributed by atoms with Gasteiger partial charge in [0, 0.05) is 33.2 Å². The number of hydrogen-bond donors (Lipinski definition) is 0. The van der Waals surface area contributed by atoms with Gasteiger partial charge in [-0.15, -0.1) is 0 Å². The predicted octanol–water partition coefficient (Wildman–Crippen LogP) is 15.4. The average molecular weight is 776 g/mol. The van der Waals surface area contributed by atoms with Crippen LogP contribution < -0.4 is 0 Å². The third kappa shape index (κ3) is 6.14. The largest absolute Gasteiger partial charge is 0.309 e. The Morgan fingerprint density at radius 1 is 0.279 bits per heavy atom. The van der Waals surface area contributed by atoms with Gasteiger partial charge in [0.1, 0.15) is 0 Å². The highest BCUT2D eigenvalue weighted by Gasteiger charge is 2.17. The Kier molecular flexibility index (Phi) is 8.17. The third-order valence-corrected chi connectivity index (χ3v) is 12.2. The van der Waals surface area contributed by atoms with E-state index in [4.69, 9.17) is 9.97 Å². The number of fused-ring (bicyclic) bond motifs is 7. The van der Waals surface area contributed by atoms with Gasteiger partial charge in [-0.1, -0.05) is 158 Å². The molecule has 2 heterocycles. The number of benzene rings is 10. The van der Waals surface area contributed by atoms with Gasteiger partial charge in [-0.2, -0.15) is 0 Å². The van der Waals surface area contributed by atoms with Gasteiger partial charge < -0.3 is 4.57 Å². The lowest BCUT2D eigenvalue weighted by Gasteiger charge is -2.12. The molecule has 0 aliphatic rings. The molecule has 3 heteroatoms. The summed E-state index contributed by atoms with van der Waals surface area (Å²) in [6.45, 7) is 0. The van der Waals surface area contributed by atoms with Gasteiger partial charge in [-0.25, -0.2) is 9.97 Å². The zero-order chi connectivity index (χ0) is 40.3. The molecule has 3 nitrogen and oxygen atoms in total. The van der Waals surface area contributed by atoms with Crippen molar-refractivity contribution >= 4 is 54.1 Å². The Morgan fingerprint density at radius 2 is 0.770 bits per heavy atom. The van der Waals surface area contributed by atoms with Crippen molar-refractivity contribution in [2.24, 2.45) is 0 Å². The second kappa shape index (κ2) is 14.3. The fourth-order valence-corrected chi connectivity index (χ4v) is 9.07. The van der Waals surface area contributed by atoms with Crippen molar-refractivity contribution in [1.82, 2.24) is 14.5 Å². The fourth-order valence-electron chi connectivity index (χ4n) is 9.07. The second-order valence-corrected chi connectivity index (χ2v) is 15.8. The quantitative estimate of drug-likeness (QED) is 0.168. The van der Waals surface area contributed by atoms with E-state index < -0.39 is 0 Å². The first-order chi connectivity index (χ1) is 30.2. The summed E-state index contributed by atoms with van der Waals surface area (Å²) in [7, 11) is 0. The molecule has 0 aliphatic carbocycles. The van der Waals surface area contributed by atoms with E-state index in [0.29, 0.717) is 5.82 Å². The van der Waals surface area contributed by atoms with E-state index in [1.807, 2.05) is 12.1 Å². The van der Waals surface area contributed by atoms with Gasteiger partial charge in [0.15, 0.2) is 5.82 Å². The van der Waals surface area contributed by atoms with Crippen molar-refractivity contribution in [3.05, 3.63) is 224 Å². The minimum Gasteiger partial charge on any atom is -0.309 e. The average Bonchev–Trinajstić information content (AvgIpc) is 3.68. The molecule has 0 bridgehead atoms. The first kappa shape index (κ1) is 34.9. The van der Waals surface area contributed by atoms with Crippen LogP contribution in [0.25, 0.3) is 116 Å². The Labute approximate surface area is 353 Å². The summed E-state index contributed by atoms with van der Waals surface area (Å²) in [5, 5.41) is 9.93. The van der Waals surface area contributed by atoms with Crippen molar-refractivity contribution in [2.75, 3.05) is 0 Å². The first-order valence-electron chi connectivity index (χ1n) is 20.8. The number of nitrogens with zero attached hydrogens (tertiary/aromatic N) is 3. The van der Waals surface area contributed by atoms with Crippen LogP contribution in [0.3, 0.4) is 0 Å². The Bertz CT molecular complexity index is 3570. The molecule has 0 saturated heterocycles. The van der Waals surface area contributed by atoms with Crippen LogP contribution in [0.1, 0.15) is 0 Å². The summed E-state index contributed by atoms with van der Waals surface area (Å²) in [4.78, 5) is 10.2. The van der Waals surface area contributed by atoms with E-state index in [2.05, 4.69) is 217 Å². The summed E-state index contributed by atoms with van der Waals surface area (Å²) >= 11 is 0. The van der Waals surface area contributed by atoms with E-state index in [0.717, 1.165) is 33.8 Å². The summed E-state index contributed by atoms with van der Waals surface area (Å²) in [5.74, 6) is 0.700. The highest BCUT2D eigenvalue weighted by atomic mass is 15.0. The van der Waals surface area contributed by atoms with Crippen LogP contribution in [-0.4, -0.2) is 14.5 Å². The number of para-hydroxylation sites is 1. The van der Waals surface area contributed by atoms with Crippen molar-refractivity contribution < 1.29 is 0 Å². The lowest BCUT2D eigenvalue weighted by Crippen LogP contribution is -1.97. The first-order valence-corrected chi connectivity index (χ1v) is 20.8. The SMILES string of the molecule is c1ccc(-c2cc(-c3ccccc3)nc(-c3ccc(-n4c5ccccc5c5c6cc(-c7ccc8ccc(-c9ccc%10ccccc%10c9)cc8c7)ccc6ccc54)cc3)n2)cc1. The monoisotopic (exact) mass is 775 g/mol. The van der Waals surface area contributed by atoms with Crippen LogP contribution >= 0.6 is 0 Å². The predicted molar refractivity (Wildman–Crippen MR) is 256 cm³/mol. The summed E-state index contributed by atoms with van der Waals surface area (Å²) in [6, 6.07) is 80.6. The van der Waals surface area contributed by atoms with Gasteiger partial charge in [0.05, 0.1) is 22.4 Å². The minimum absolute atomic E-state index is 0.700. The summed E-state index contributed by atoms with van der Waals surface area (Å²) < 4.78 is 2.39. The van der Waals surface area contributed by atoms with E-state index in [9.17, 15) is 0 Å². The summed E-state index contributed by atoms with van der Waals surface area (Å²) in [6.07, 6.45) is 0. The van der Waals surface area contributed by atoms with Crippen molar-refractivity contribution in [1.29, 1.82) is 0 Å². The molecule has 0 atom stereocenters. The second-order valence-electron chi connectivity index (χ2n) is 15.8. The molecule has 284 valence electrons. The zero-order valence-electron chi connectivity index (χ0n) is 33.2. The molecule has 12 aromatic rings. The fraction of sp³-hybridized carbons (Fsp3) is 0. The molecule has 0 N–H and O–H groups in total. The Morgan fingerprint density at radius 3 is 1.43 bits per heavy atom. The third-order valence-electron chi connectivity index (χ3n) is 12.2. The van der Waals surface area contributed by atoms with E-state index >= 15 is 0 Å². The van der Waals surface area contributed by atoms with Crippen LogP contribution in [0, 0.1) is 0 Å². The molecule has 0 amide bonds. The molecule has 10 aromatic carbocycles. The maximum atomic E-state index is 5.09. The van der Waals surface area contributed by atoms with Gasteiger partial charge in [0.2, 0.25) is 0 Å². The minimum atomic E-state index is 0.700. The van der Waals surface area contributed by atoms with Gasteiger partial charge in [-0.3, -0.25) is 0 Å². The lowest BCUT2D eigenvalue weighted by atomic mass is 9.95. The molecule has 0 unspecified atom stereocenters. The normalized spacial score (nSPS) is 11.6. The molecule has 0 saturated carbocycles. The molecule has 0 fully saturated rings. The van der Waals surface area contributed by atoms with Crippen LogP contribution in [0.15, 0.2) is 224 Å². The van der Waals surface area contributed by atoms with Crippen LogP contribution in [0.4, 0.5) is 0 Å². The molecular weight excluding hydrogens is 739 g/mol. The van der Waals surface area contributed by atoms with Crippen LogP contribution in [0.5, 0.6) is 0 Å². The molecule has 0 spiro atoms. The van der Waals surface area contributed by atoms with Gasteiger partial charge in [-0.05, 0) is 121 Å². The molecular formula is C58H37N3. The number of hydrogen-bond acceptors (Lipinski definition) is 2. The summed E-state index contributed by atoms with van der Waals surface area (Å²) in [5.41, 5.74) is 13.2. The smallest absolute Gasteiger partial charge is 0.160 e. The van der Waals surface area contributed by atoms with E-state index in [-0.39, 0.29) is 0 Å². The molecule has 12 rings (SSSR count). The molecule has 61 heavy (non-hydrogen) atoms. The van der Waals surface area contributed by atoms with Crippen molar-refractivity contribution in [3.63, 3.8) is 0 Å². The number of aromatic nitrogens is 3. The maximum Gasteiger partial charge on any atom is 0.160 e. The molecule has 0 aliphatic heterocycles. The maximum absolute atomic E-state index is 5.09. The van der Waals surface area contributed by atoms with Crippen LogP contribution in [-0.2, 0) is 0 Å². The number of rotatable bonds is 6. The zero-order valence-corrected chi connectivity index (χ0v) is 33.2. The topological polar surface area (TPSA) is 30.7 Å².